The normalized spacial score (nSPS) is 21.5. The summed E-state index contributed by atoms with van der Waals surface area (Å²) in [4.78, 5) is 11.1. The van der Waals surface area contributed by atoms with Crippen molar-refractivity contribution in [3.05, 3.63) is 23.3 Å². The molecule has 112 valence electrons. The van der Waals surface area contributed by atoms with E-state index in [1.807, 2.05) is 5.32 Å². The van der Waals surface area contributed by atoms with E-state index in [0.717, 1.165) is 0 Å². The van der Waals surface area contributed by atoms with E-state index >= 15 is 0 Å². The summed E-state index contributed by atoms with van der Waals surface area (Å²) in [6, 6.07) is 2.07. The van der Waals surface area contributed by atoms with Crippen LogP contribution in [0.4, 0.5) is 13.2 Å². The van der Waals surface area contributed by atoms with Gasteiger partial charge in [0, 0.05) is 12.0 Å². The molecule has 1 atom stereocenters. The Kier molecular flexibility index (Phi) is 2.92. The number of carbonyl (C=O) groups excluding carboxylic acids is 1. The number of hydrogen-bond acceptors (Lipinski definition) is 5. The molecule has 0 fully saturated rings. The Morgan fingerprint density at radius 2 is 2.00 bits per heavy atom. The minimum atomic E-state index is -4.98. The molecule has 0 bridgehead atoms. The third-order valence-electron chi connectivity index (χ3n) is 3.31. The molecule has 1 aliphatic carbocycles. The van der Waals surface area contributed by atoms with Crippen molar-refractivity contribution < 1.29 is 32.6 Å². The molecule has 21 heavy (non-hydrogen) atoms. The van der Waals surface area contributed by atoms with Crippen LogP contribution in [0.1, 0.15) is 23.6 Å². The van der Waals surface area contributed by atoms with Crippen molar-refractivity contribution in [1.29, 1.82) is 0 Å². The molecule has 9 heteroatoms. The summed E-state index contributed by atoms with van der Waals surface area (Å²) in [6.45, 7) is 0.00338. The molecule has 0 aromatic heterocycles. The number of nitrogens with zero attached hydrogens (tertiary/aromatic N) is 1. The zero-order valence-corrected chi connectivity index (χ0v) is 10.4. The van der Waals surface area contributed by atoms with Gasteiger partial charge in [0.1, 0.15) is 0 Å². The minimum Gasteiger partial charge on any atom is -0.454 e. The first-order valence-electron chi connectivity index (χ1n) is 5.92. The maximum absolute atomic E-state index is 12.3. The van der Waals surface area contributed by atoms with Crippen molar-refractivity contribution in [1.82, 2.24) is 5.32 Å². The standard InChI is InChI=1S/C12H9F3N2O4/c13-12(14,15)11(18)16-7-3-8(17-19)6-2-10-9(1-5(6)7)20-4-21-10/h1-2,7,19H,3-4H2,(H,16,18)/b17-8+/t7-/m0/s1. The molecule has 1 aromatic carbocycles. The fourth-order valence-corrected chi connectivity index (χ4v) is 2.37. The van der Waals surface area contributed by atoms with Gasteiger partial charge in [-0.3, -0.25) is 4.79 Å². The monoisotopic (exact) mass is 302 g/mol. The largest absolute Gasteiger partial charge is 0.471 e. The predicted molar refractivity (Wildman–Crippen MR) is 62.4 cm³/mol. The minimum absolute atomic E-state index is 0.00338. The molecular weight excluding hydrogens is 293 g/mol. The molecule has 0 radical (unpaired) electrons. The van der Waals surface area contributed by atoms with Crippen molar-refractivity contribution in [2.75, 3.05) is 6.79 Å². The number of oxime groups is 1. The van der Waals surface area contributed by atoms with E-state index in [0.29, 0.717) is 22.6 Å². The highest BCUT2D eigenvalue weighted by Crippen LogP contribution is 2.42. The Morgan fingerprint density at radius 1 is 1.33 bits per heavy atom. The maximum Gasteiger partial charge on any atom is 0.471 e. The van der Waals surface area contributed by atoms with Gasteiger partial charge in [-0.2, -0.15) is 13.2 Å². The summed E-state index contributed by atoms with van der Waals surface area (Å²) >= 11 is 0. The van der Waals surface area contributed by atoms with Crippen LogP contribution in [0.25, 0.3) is 0 Å². The van der Waals surface area contributed by atoms with E-state index in [1.54, 1.807) is 0 Å². The molecule has 2 N–H and O–H groups in total. The van der Waals surface area contributed by atoms with Gasteiger partial charge in [-0.05, 0) is 17.7 Å². The molecule has 1 aliphatic heterocycles. The van der Waals surface area contributed by atoms with Crippen LogP contribution in [0.3, 0.4) is 0 Å². The molecule has 2 aliphatic rings. The van der Waals surface area contributed by atoms with E-state index in [-0.39, 0.29) is 18.9 Å². The Morgan fingerprint density at radius 3 is 2.62 bits per heavy atom. The van der Waals surface area contributed by atoms with E-state index in [1.165, 1.54) is 12.1 Å². The number of halogens is 3. The molecule has 0 saturated heterocycles. The summed E-state index contributed by atoms with van der Waals surface area (Å²) in [7, 11) is 0. The van der Waals surface area contributed by atoms with Crippen molar-refractivity contribution in [3.63, 3.8) is 0 Å². The lowest BCUT2D eigenvalue weighted by Crippen LogP contribution is -2.38. The van der Waals surface area contributed by atoms with Gasteiger partial charge in [0.15, 0.2) is 11.5 Å². The van der Waals surface area contributed by atoms with Crippen LogP contribution in [0, 0.1) is 0 Å². The second kappa shape index (κ2) is 4.54. The highest BCUT2D eigenvalue weighted by Gasteiger charge is 2.42. The second-order valence-electron chi connectivity index (χ2n) is 4.57. The lowest BCUT2D eigenvalue weighted by atomic mass is 10.1. The van der Waals surface area contributed by atoms with E-state index in [4.69, 9.17) is 14.7 Å². The first-order valence-corrected chi connectivity index (χ1v) is 5.92. The summed E-state index contributed by atoms with van der Waals surface area (Å²) in [5, 5.41) is 13.9. The van der Waals surface area contributed by atoms with Crippen LogP contribution in [0.2, 0.25) is 0 Å². The van der Waals surface area contributed by atoms with Crippen LogP contribution >= 0.6 is 0 Å². The number of carbonyl (C=O) groups is 1. The number of fused-ring (bicyclic) bond motifs is 2. The van der Waals surface area contributed by atoms with Crippen LogP contribution in [-0.4, -0.2) is 29.8 Å². The molecule has 0 unspecified atom stereocenters. The number of nitrogens with one attached hydrogen (secondary N) is 1. The number of rotatable bonds is 1. The topological polar surface area (TPSA) is 80.2 Å². The number of amides is 1. The summed E-state index contributed by atoms with van der Waals surface area (Å²) in [5.41, 5.74) is 0.995. The fourth-order valence-electron chi connectivity index (χ4n) is 2.37. The Hall–Kier alpha value is -2.45. The van der Waals surface area contributed by atoms with Gasteiger partial charge in [-0.15, -0.1) is 0 Å². The zero-order chi connectivity index (χ0) is 15.2. The molecule has 1 amide bonds. The third-order valence-corrected chi connectivity index (χ3v) is 3.31. The van der Waals surface area contributed by atoms with Crippen LogP contribution in [0.15, 0.2) is 17.3 Å². The number of hydrogen-bond donors (Lipinski definition) is 2. The Balaban J connectivity index is 1.96. The van der Waals surface area contributed by atoms with Gasteiger partial charge in [-0.1, -0.05) is 5.16 Å². The number of ether oxygens (including phenoxy) is 2. The molecule has 6 nitrogen and oxygen atoms in total. The van der Waals surface area contributed by atoms with Crippen molar-refractivity contribution in [2.45, 2.75) is 18.6 Å². The Bertz CT molecular complexity index is 642. The number of benzene rings is 1. The van der Waals surface area contributed by atoms with E-state index in [9.17, 15) is 18.0 Å². The molecule has 1 aromatic rings. The highest BCUT2D eigenvalue weighted by molar-refractivity contribution is 6.06. The molecule has 3 rings (SSSR count). The first kappa shape index (κ1) is 13.5. The summed E-state index contributed by atoms with van der Waals surface area (Å²) in [5.74, 6) is -1.26. The van der Waals surface area contributed by atoms with E-state index in [2.05, 4.69) is 5.16 Å². The van der Waals surface area contributed by atoms with Gasteiger partial charge in [0.25, 0.3) is 0 Å². The van der Waals surface area contributed by atoms with Crippen molar-refractivity contribution in [3.8, 4) is 11.5 Å². The maximum atomic E-state index is 12.3. The second-order valence-corrected chi connectivity index (χ2v) is 4.57. The predicted octanol–water partition coefficient (Wildman–Crippen LogP) is 1.72. The van der Waals surface area contributed by atoms with Gasteiger partial charge < -0.3 is 20.0 Å². The summed E-state index contributed by atoms with van der Waals surface area (Å²) in [6.07, 6.45) is -5.02. The average molecular weight is 302 g/mol. The smallest absolute Gasteiger partial charge is 0.454 e. The Labute approximate surface area is 116 Å². The zero-order valence-electron chi connectivity index (χ0n) is 10.4. The highest BCUT2D eigenvalue weighted by atomic mass is 19.4. The van der Waals surface area contributed by atoms with Gasteiger partial charge in [-0.25, -0.2) is 0 Å². The number of alkyl halides is 3. The van der Waals surface area contributed by atoms with Gasteiger partial charge in [0.05, 0.1) is 11.8 Å². The molecule has 0 spiro atoms. The SMILES string of the molecule is O=C(N[C@H]1C/C(=N\O)c2cc3c(cc21)OCO3)C(F)(F)F. The van der Waals surface area contributed by atoms with Crippen molar-refractivity contribution >= 4 is 11.6 Å². The van der Waals surface area contributed by atoms with Crippen LogP contribution < -0.4 is 14.8 Å². The van der Waals surface area contributed by atoms with Gasteiger partial charge >= 0.3 is 12.1 Å². The van der Waals surface area contributed by atoms with Gasteiger partial charge in [0.2, 0.25) is 6.79 Å². The van der Waals surface area contributed by atoms with Crippen LogP contribution in [-0.2, 0) is 4.79 Å². The molecular formula is C12H9F3N2O4. The summed E-state index contributed by atoms with van der Waals surface area (Å²) < 4.78 is 47.3. The average Bonchev–Trinajstić information content (AvgIpc) is 2.99. The molecule has 1 heterocycles. The first-order chi connectivity index (χ1) is 9.90. The lowest BCUT2D eigenvalue weighted by Gasteiger charge is -2.15. The quantitative estimate of drug-likeness (QED) is 0.611. The fraction of sp³-hybridized carbons (Fsp3) is 0.333. The van der Waals surface area contributed by atoms with E-state index < -0.39 is 18.1 Å². The van der Waals surface area contributed by atoms with Crippen LogP contribution in [0.5, 0.6) is 11.5 Å². The third kappa shape index (κ3) is 2.24. The lowest BCUT2D eigenvalue weighted by molar-refractivity contribution is -0.174. The molecule has 0 saturated carbocycles. The van der Waals surface area contributed by atoms with Crippen molar-refractivity contribution in [2.24, 2.45) is 5.16 Å².